The third kappa shape index (κ3) is 2.15. The van der Waals surface area contributed by atoms with Gasteiger partial charge in [-0.3, -0.25) is 0 Å². The monoisotopic (exact) mass is 260 g/mol. The quantitative estimate of drug-likeness (QED) is 0.632. The lowest BCUT2D eigenvalue weighted by atomic mass is 9.98. The second kappa shape index (κ2) is 4.80. The van der Waals surface area contributed by atoms with Crippen molar-refractivity contribution in [3.05, 3.63) is 29.3 Å². The van der Waals surface area contributed by atoms with Crippen LogP contribution in [0, 0.1) is 6.92 Å². The fraction of sp³-hybridized carbons (Fsp3) is 0.625. The standard InChI is InChI=1S/C16H26N3/c1-12-10-13(5-6-15(12)17)16-4-3-9-19(16,2)14-7-8-18-11-14/h5-6,10,14,16,18H,3-4,7-9,11,17H2,1-2H3/q+1/t14?,16?,19-/m0/s1. The van der Waals surface area contributed by atoms with Gasteiger partial charge in [-0.2, -0.15) is 0 Å². The third-order valence-electron chi connectivity index (χ3n) is 5.38. The van der Waals surface area contributed by atoms with Crippen LogP contribution in [-0.4, -0.2) is 37.2 Å². The van der Waals surface area contributed by atoms with Crippen LogP contribution in [0.15, 0.2) is 18.2 Å². The molecule has 19 heavy (non-hydrogen) atoms. The Balaban J connectivity index is 1.91. The number of quaternary nitrogens is 1. The number of nitrogens with one attached hydrogen (secondary N) is 1. The van der Waals surface area contributed by atoms with Gasteiger partial charge in [0.25, 0.3) is 0 Å². The Bertz CT molecular complexity index is 465. The van der Waals surface area contributed by atoms with Crippen LogP contribution >= 0.6 is 0 Å². The van der Waals surface area contributed by atoms with Crippen molar-refractivity contribution < 1.29 is 4.48 Å². The van der Waals surface area contributed by atoms with Gasteiger partial charge >= 0.3 is 0 Å². The highest BCUT2D eigenvalue weighted by atomic mass is 15.4. The lowest BCUT2D eigenvalue weighted by molar-refractivity contribution is -0.948. The fourth-order valence-electron chi connectivity index (χ4n) is 4.07. The number of hydrogen-bond acceptors (Lipinski definition) is 2. The van der Waals surface area contributed by atoms with Gasteiger partial charge in [-0.15, -0.1) is 0 Å². The number of nitrogen functional groups attached to an aromatic ring is 1. The van der Waals surface area contributed by atoms with Gasteiger partial charge < -0.3 is 15.5 Å². The molecule has 2 aliphatic rings. The Morgan fingerprint density at radius 1 is 1.32 bits per heavy atom. The summed E-state index contributed by atoms with van der Waals surface area (Å²) in [6.45, 7) is 5.81. The van der Waals surface area contributed by atoms with Crippen LogP contribution in [0.5, 0.6) is 0 Å². The Morgan fingerprint density at radius 3 is 2.84 bits per heavy atom. The zero-order valence-electron chi connectivity index (χ0n) is 12.2. The van der Waals surface area contributed by atoms with E-state index in [1.54, 1.807) is 0 Å². The summed E-state index contributed by atoms with van der Waals surface area (Å²) in [5.41, 5.74) is 9.58. The van der Waals surface area contributed by atoms with E-state index in [2.05, 4.69) is 37.5 Å². The molecule has 0 aliphatic carbocycles. The Kier molecular flexibility index (Phi) is 3.27. The molecule has 1 aromatic carbocycles. The van der Waals surface area contributed by atoms with Gasteiger partial charge in [-0.05, 0) is 24.6 Å². The first-order valence-electron chi connectivity index (χ1n) is 7.53. The van der Waals surface area contributed by atoms with Crippen molar-refractivity contribution in [1.82, 2.24) is 5.32 Å². The van der Waals surface area contributed by atoms with Crippen molar-refractivity contribution in [3.63, 3.8) is 0 Å². The molecule has 0 aromatic heterocycles. The number of anilines is 1. The molecule has 0 saturated carbocycles. The third-order valence-corrected chi connectivity index (χ3v) is 5.38. The van der Waals surface area contributed by atoms with Gasteiger partial charge in [-0.1, -0.05) is 6.07 Å². The lowest BCUT2D eigenvalue weighted by Gasteiger charge is -2.41. The van der Waals surface area contributed by atoms with Crippen molar-refractivity contribution in [2.75, 3.05) is 32.4 Å². The SMILES string of the molecule is Cc1cc(C2CCC[N@@+]2(C)C2CCNC2)ccc1N. The number of benzene rings is 1. The molecule has 2 heterocycles. The fourth-order valence-corrected chi connectivity index (χ4v) is 4.07. The lowest BCUT2D eigenvalue weighted by Crippen LogP contribution is -2.52. The maximum Gasteiger partial charge on any atom is 0.115 e. The molecular formula is C16H26N3+. The van der Waals surface area contributed by atoms with Gasteiger partial charge in [0.1, 0.15) is 12.1 Å². The van der Waals surface area contributed by atoms with Crippen LogP contribution in [0.3, 0.4) is 0 Å². The molecule has 3 nitrogen and oxygen atoms in total. The van der Waals surface area contributed by atoms with Gasteiger partial charge in [0, 0.05) is 43.6 Å². The molecule has 0 amide bonds. The zero-order valence-corrected chi connectivity index (χ0v) is 12.2. The summed E-state index contributed by atoms with van der Waals surface area (Å²) in [5.74, 6) is 0. The first-order chi connectivity index (χ1) is 9.11. The summed E-state index contributed by atoms with van der Waals surface area (Å²) in [7, 11) is 2.46. The average Bonchev–Trinajstić information content (AvgIpc) is 3.02. The summed E-state index contributed by atoms with van der Waals surface area (Å²) in [4.78, 5) is 0. The van der Waals surface area contributed by atoms with E-state index in [1.807, 2.05) is 0 Å². The molecule has 3 atom stereocenters. The van der Waals surface area contributed by atoms with Gasteiger partial charge in [0.05, 0.1) is 13.6 Å². The molecule has 0 radical (unpaired) electrons. The van der Waals surface area contributed by atoms with Gasteiger partial charge in [0.2, 0.25) is 0 Å². The molecule has 3 N–H and O–H groups in total. The van der Waals surface area contributed by atoms with Crippen molar-refractivity contribution in [2.45, 2.75) is 38.3 Å². The number of nitrogens with zero attached hydrogens (tertiary/aromatic N) is 1. The second-order valence-electron chi connectivity index (χ2n) is 6.49. The minimum absolute atomic E-state index is 0.657. The van der Waals surface area contributed by atoms with Crippen molar-refractivity contribution in [3.8, 4) is 0 Å². The van der Waals surface area contributed by atoms with Crippen LogP contribution in [0.25, 0.3) is 0 Å². The van der Waals surface area contributed by atoms with E-state index >= 15 is 0 Å². The molecule has 2 saturated heterocycles. The first-order valence-corrected chi connectivity index (χ1v) is 7.53. The second-order valence-corrected chi connectivity index (χ2v) is 6.49. The van der Waals surface area contributed by atoms with Gasteiger partial charge in [-0.25, -0.2) is 0 Å². The van der Waals surface area contributed by atoms with Crippen molar-refractivity contribution >= 4 is 5.69 Å². The number of rotatable bonds is 2. The highest BCUT2D eigenvalue weighted by molar-refractivity contribution is 5.48. The van der Waals surface area contributed by atoms with E-state index in [4.69, 9.17) is 5.73 Å². The van der Waals surface area contributed by atoms with E-state index in [9.17, 15) is 0 Å². The predicted molar refractivity (Wildman–Crippen MR) is 79.9 cm³/mol. The zero-order chi connectivity index (χ0) is 13.5. The first kappa shape index (κ1) is 12.9. The summed E-state index contributed by atoms with van der Waals surface area (Å²) in [6, 6.07) is 8.08. The highest BCUT2D eigenvalue weighted by Gasteiger charge is 2.45. The van der Waals surface area contributed by atoms with E-state index < -0.39 is 0 Å². The largest absolute Gasteiger partial charge is 0.399 e. The summed E-state index contributed by atoms with van der Waals surface area (Å²) >= 11 is 0. The van der Waals surface area contributed by atoms with Crippen LogP contribution in [0.1, 0.15) is 36.4 Å². The van der Waals surface area contributed by atoms with Crippen LogP contribution in [0.2, 0.25) is 0 Å². The molecule has 0 bridgehead atoms. The van der Waals surface area contributed by atoms with Crippen molar-refractivity contribution in [1.29, 1.82) is 0 Å². The van der Waals surface area contributed by atoms with Gasteiger partial charge in [0.15, 0.2) is 0 Å². The molecule has 104 valence electrons. The summed E-state index contributed by atoms with van der Waals surface area (Å²) in [5, 5.41) is 3.53. The minimum atomic E-state index is 0.657. The summed E-state index contributed by atoms with van der Waals surface area (Å²) < 4.78 is 1.22. The number of hydrogen-bond donors (Lipinski definition) is 2. The number of likely N-dealkylation sites (tertiary alicyclic amines) is 1. The molecule has 1 aromatic rings. The predicted octanol–water partition coefficient (Wildman–Crippen LogP) is 2.22. The molecule has 3 heteroatoms. The maximum atomic E-state index is 5.96. The topological polar surface area (TPSA) is 38.0 Å². The number of aryl methyl sites for hydroxylation is 1. The van der Waals surface area contributed by atoms with E-state index in [1.165, 1.54) is 54.5 Å². The van der Waals surface area contributed by atoms with E-state index in [0.29, 0.717) is 6.04 Å². The van der Waals surface area contributed by atoms with Crippen LogP contribution in [0.4, 0.5) is 5.69 Å². The molecule has 2 aliphatic heterocycles. The Labute approximate surface area is 116 Å². The maximum absolute atomic E-state index is 5.96. The molecule has 3 rings (SSSR count). The average molecular weight is 260 g/mol. The molecule has 2 unspecified atom stereocenters. The van der Waals surface area contributed by atoms with Crippen LogP contribution in [-0.2, 0) is 0 Å². The molecule has 0 spiro atoms. The normalized spacial score (nSPS) is 34.8. The van der Waals surface area contributed by atoms with Crippen molar-refractivity contribution in [2.24, 2.45) is 0 Å². The van der Waals surface area contributed by atoms with E-state index in [0.717, 1.165) is 11.7 Å². The molecular weight excluding hydrogens is 234 g/mol. The van der Waals surface area contributed by atoms with Crippen LogP contribution < -0.4 is 11.1 Å². The minimum Gasteiger partial charge on any atom is -0.399 e. The smallest absolute Gasteiger partial charge is 0.115 e. The Hall–Kier alpha value is -1.06. The Morgan fingerprint density at radius 2 is 2.16 bits per heavy atom. The highest BCUT2D eigenvalue weighted by Crippen LogP contribution is 2.41. The molecule has 2 fully saturated rings. The number of nitrogens with two attached hydrogens (primary N) is 1. The summed E-state index contributed by atoms with van der Waals surface area (Å²) in [6.07, 6.45) is 3.98. The van der Waals surface area contributed by atoms with E-state index in [-0.39, 0.29) is 0 Å². The number of likely N-dealkylation sites (N-methyl/N-ethyl adjacent to an activating group) is 1.